The van der Waals surface area contributed by atoms with Gasteiger partial charge >= 0.3 is 12.1 Å². The van der Waals surface area contributed by atoms with Crippen LogP contribution >= 0.6 is 11.8 Å². The Bertz CT molecular complexity index is 842. The summed E-state index contributed by atoms with van der Waals surface area (Å²) in [6, 6.07) is 0. The topological polar surface area (TPSA) is 131 Å². The van der Waals surface area contributed by atoms with E-state index < -0.39 is 18.8 Å². The first kappa shape index (κ1) is 21.6. The van der Waals surface area contributed by atoms with Gasteiger partial charge in [0.25, 0.3) is 0 Å². The van der Waals surface area contributed by atoms with Crippen molar-refractivity contribution in [2.45, 2.75) is 24.2 Å². The summed E-state index contributed by atoms with van der Waals surface area (Å²) in [5.74, 6) is -2.07. The number of nitrogen functional groups attached to an aromatic ring is 1. The molecule has 13 heteroatoms. The molecule has 1 amide bonds. The van der Waals surface area contributed by atoms with Crippen LogP contribution in [-0.4, -0.2) is 57.8 Å². The van der Waals surface area contributed by atoms with Gasteiger partial charge in [0, 0.05) is 18.7 Å². The number of halogens is 4. The summed E-state index contributed by atoms with van der Waals surface area (Å²) in [4.78, 5) is 33.5. The Balaban J connectivity index is 0.000000345. The molecule has 0 fully saturated rings. The summed E-state index contributed by atoms with van der Waals surface area (Å²) < 4.78 is 43.8. The molecule has 3 rings (SSSR count). The van der Waals surface area contributed by atoms with Gasteiger partial charge in [-0.2, -0.15) is 13.2 Å². The first-order valence-corrected chi connectivity index (χ1v) is 8.76. The summed E-state index contributed by atoms with van der Waals surface area (Å²) in [5, 5.41) is 10.5. The van der Waals surface area contributed by atoms with Gasteiger partial charge in [0.05, 0.1) is 23.5 Å². The van der Waals surface area contributed by atoms with Crippen LogP contribution in [0.2, 0.25) is 0 Å². The second-order valence-electron chi connectivity index (χ2n) is 5.52. The Morgan fingerprint density at radius 3 is 2.61 bits per heavy atom. The normalized spacial score (nSPS) is 14.7. The van der Waals surface area contributed by atoms with Crippen LogP contribution in [0.15, 0.2) is 21.7 Å². The van der Waals surface area contributed by atoms with Crippen LogP contribution in [-0.2, 0) is 16.1 Å². The number of carbonyl (C=O) groups excluding carboxylic acids is 1. The van der Waals surface area contributed by atoms with Gasteiger partial charge in [-0.05, 0) is 11.6 Å². The van der Waals surface area contributed by atoms with E-state index in [1.165, 1.54) is 11.8 Å². The van der Waals surface area contributed by atoms with E-state index in [2.05, 4.69) is 20.3 Å². The van der Waals surface area contributed by atoms with Crippen LogP contribution in [0.3, 0.4) is 0 Å². The van der Waals surface area contributed by atoms with Gasteiger partial charge in [-0.25, -0.2) is 19.2 Å². The van der Waals surface area contributed by atoms with Crippen molar-refractivity contribution in [2.24, 2.45) is 4.99 Å². The lowest BCUT2D eigenvalue weighted by atomic mass is 10.1. The molecule has 0 unspecified atom stereocenters. The minimum atomic E-state index is -5.08. The molecule has 0 atom stereocenters. The number of carbonyl (C=O) groups is 2. The van der Waals surface area contributed by atoms with E-state index in [4.69, 9.17) is 15.6 Å². The van der Waals surface area contributed by atoms with Crippen molar-refractivity contribution in [3.63, 3.8) is 0 Å². The predicted molar refractivity (Wildman–Crippen MR) is 92.8 cm³/mol. The Kier molecular flexibility index (Phi) is 6.94. The van der Waals surface area contributed by atoms with Gasteiger partial charge in [-0.1, -0.05) is 0 Å². The molecule has 8 nitrogen and oxygen atoms in total. The second-order valence-corrected chi connectivity index (χ2v) is 6.48. The van der Waals surface area contributed by atoms with E-state index in [9.17, 15) is 22.4 Å². The number of hydrogen-bond acceptors (Lipinski definition) is 7. The second kappa shape index (κ2) is 8.99. The number of thioether (sulfide) groups is 1. The van der Waals surface area contributed by atoms with Crippen molar-refractivity contribution < 1.29 is 32.3 Å². The molecule has 2 aliphatic rings. The van der Waals surface area contributed by atoms with E-state index >= 15 is 0 Å². The molecule has 0 aliphatic carbocycles. The number of nitrogens with two attached hydrogens (primary N) is 1. The lowest BCUT2D eigenvalue weighted by Crippen LogP contribution is -2.25. The zero-order chi connectivity index (χ0) is 20.9. The fraction of sp³-hybridized carbons (Fsp3) is 0.400. The van der Waals surface area contributed by atoms with Crippen LogP contribution < -0.4 is 11.1 Å². The van der Waals surface area contributed by atoms with Crippen molar-refractivity contribution in [2.75, 3.05) is 24.7 Å². The van der Waals surface area contributed by atoms with E-state index in [-0.39, 0.29) is 24.8 Å². The van der Waals surface area contributed by atoms with Crippen LogP contribution in [0, 0.1) is 0 Å². The number of aromatic nitrogens is 2. The van der Waals surface area contributed by atoms with Crippen molar-refractivity contribution in [1.82, 2.24) is 15.3 Å². The molecule has 0 aromatic carbocycles. The highest BCUT2D eigenvalue weighted by atomic mass is 32.2. The van der Waals surface area contributed by atoms with Crippen LogP contribution in [0.5, 0.6) is 0 Å². The average Bonchev–Trinajstić information content (AvgIpc) is 2.90. The third-order valence-corrected chi connectivity index (χ3v) is 4.49. The van der Waals surface area contributed by atoms with E-state index in [0.29, 0.717) is 12.3 Å². The fourth-order valence-corrected chi connectivity index (χ4v) is 3.32. The predicted octanol–water partition coefficient (Wildman–Crippen LogP) is 1.50. The number of nitrogens with one attached hydrogen (secondary N) is 1. The zero-order valence-corrected chi connectivity index (χ0v) is 15.0. The summed E-state index contributed by atoms with van der Waals surface area (Å²) in [6.45, 7) is -0.0225. The lowest BCUT2D eigenvalue weighted by molar-refractivity contribution is -0.192. The quantitative estimate of drug-likeness (QED) is 0.496. The van der Waals surface area contributed by atoms with Crippen LogP contribution in [0.1, 0.15) is 17.7 Å². The van der Waals surface area contributed by atoms with Crippen molar-refractivity contribution in [1.29, 1.82) is 0 Å². The molecule has 152 valence electrons. The number of anilines is 1. The Morgan fingerprint density at radius 1 is 1.32 bits per heavy atom. The number of alkyl halides is 4. The first-order chi connectivity index (χ1) is 13.1. The van der Waals surface area contributed by atoms with Crippen molar-refractivity contribution in [3.05, 3.63) is 22.9 Å². The third-order valence-electron chi connectivity index (χ3n) is 3.41. The maximum absolute atomic E-state index is 12.1. The monoisotopic (exact) mass is 421 g/mol. The molecular formula is C15H15F4N5O3S. The van der Waals surface area contributed by atoms with Gasteiger partial charge in [0.1, 0.15) is 11.7 Å². The molecule has 0 spiro atoms. The van der Waals surface area contributed by atoms with Gasteiger partial charge in [0.15, 0.2) is 0 Å². The van der Waals surface area contributed by atoms with Crippen molar-refractivity contribution in [3.8, 4) is 0 Å². The molecule has 4 N–H and O–H groups in total. The summed E-state index contributed by atoms with van der Waals surface area (Å²) in [7, 11) is 0. The highest BCUT2D eigenvalue weighted by molar-refractivity contribution is 7.99. The number of nitrogens with zero attached hydrogens (tertiary/aromatic N) is 3. The smallest absolute Gasteiger partial charge is 0.475 e. The molecule has 0 radical (unpaired) electrons. The molecule has 3 heterocycles. The number of amides is 1. The average molecular weight is 421 g/mol. The number of aliphatic imine (C=N–C) groups is 1. The molecular weight excluding hydrogens is 406 g/mol. The van der Waals surface area contributed by atoms with Crippen LogP contribution in [0.4, 0.5) is 23.5 Å². The molecule has 1 aromatic rings. The highest BCUT2D eigenvalue weighted by Crippen LogP contribution is 2.33. The highest BCUT2D eigenvalue weighted by Gasteiger charge is 2.38. The number of allylic oxidation sites excluding steroid dienone is 1. The largest absolute Gasteiger partial charge is 0.490 e. The van der Waals surface area contributed by atoms with Gasteiger partial charge in [-0.3, -0.25) is 9.79 Å². The minimum absolute atomic E-state index is 0.0482. The maximum atomic E-state index is 12.1. The minimum Gasteiger partial charge on any atom is -0.475 e. The summed E-state index contributed by atoms with van der Waals surface area (Å²) in [5.41, 5.74) is 9.19. The number of carboxylic acids is 1. The number of aliphatic carboxylic acids is 1. The van der Waals surface area contributed by atoms with Gasteiger partial charge < -0.3 is 16.2 Å². The molecule has 2 aliphatic heterocycles. The molecule has 1 aromatic heterocycles. The Morgan fingerprint density at radius 2 is 2.00 bits per heavy atom. The van der Waals surface area contributed by atoms with Crippen molar-refractivity contribution >= 4 is 35.3 Å². The number of rotatable bonds is 4. The van der Waals surface area contributed by atoms with Gasteiger partial charge in [0.2, 0.25) is 11.9 Å². The Labute approximate surface area is 160 Å². The lowest BCUT2D eigenvalue weighted by Gasteiger charge is -2.06. The molecule has 28 heavy (non-hydrogen) atoms. The molecule has 0 saturated carbocycles. The summed E-state index contributed by atoms with van der Waals surface area (Å²) in [6.07, 6.45) is -2.94. The maximum Gasteiger partial charge on any atom is 0.490 e. The molecule has 0 bridgehead atoms. The standard InChI is InChI=1S/C13H14FN5OS.C2HF3O2/c14-1-2-16-10(20)4-7-3-8-11-9(5-17-8)18-13(15)19-12(11)21-6-7;3-2(4,5)1(6)7/h3H,1-2,4-6H2,(H,16,20)(H2,15,18,19);(H,6,7). The van der Waals surface area contributed by atoms with E-state index in [1.54, 1.807) is 0 Å². The van der Waals surface area contributed by atoms with Gasteiger partial charge in [-0.15, -0.1) is 11.8 Å². The number of carboxylic acid groups (broad SMARTS) is 1. The SMILES string of the molecule is Nc1nc2c3c(n1)SCC(CC(=O)NCCF)=CC3=NC2.O=C(O)C(F)(F)F. The zero-order valence-electron chi connectivity index (χ0n) is 14.2. The Hall–Kier alpha value is -2.70. The molecule has 0 saturated heterocycles. The summed E-state index contributed by atoms with van der Waals surface area (Å²) >= 11 is 1.52. The van der Waals surface area contributed by atoms with Crippen LogP contribution in [0.25, 0.3) is 0 Å². The first-order valence-electron chi connectivity index (χ1n) is 7.78. The third kappa shape index (κ3) is 5.65. The van der Waals surface area contributed by atoms with E-state index in [1.807, 2.05) is 6.08 Å². The number of hydrogen-bond donors (Lipinski definition) is 3. The fourth-order valence-electron chi connectivity index (χ4n) is 2.29. The van der Waals surface area contributed by atoms with E-state index in [0.717, 1.165) is 27.6 Å².